The topological polar surface area (TPSA) is 49.4 Å². The fourth-order valence-corrected chi connectivity index (χ4v) is 3.57. The van der Waals surface area contributed by atoms with Crippen molar-refractivity contribution < 1.29 is 9.59 Å². The SMILES string of the molecule is CCC(NC(=O)c1ccc(N2CCCC2=O)cc1)c1ccc(C)cc1C. The molecule has 1 fully saturated rings. The van der Waals surface area contributed by atoms with Crippen molar-refractivity contribution >= 4 is 17.5 Å². The Morgan fingerprint density at radius 1 is 1.15 bits per heavy atom. The summed E-state index contributed by atoms with van der Waals surface area (Å²) >= 11 is 0. The monoisotopic (exact) mass is 350 g/mol. The van der Waals surface area contributed by atoms with Gasteiger partial charge in [-0.3, -0.25) is 9.59 Å². The van der Waals surface area contributed by atoms with E-state index in [1.54, 1.807) is 17.0 Å². The minimum atomic E-state index is -0.0869. The number of nitrogens with zero attached hydrogens (tertiary/aromatic N) is 1. The maximum atomic E-state index is 12.7. The maximum absolute atomic E-state index is 12.7. The van der Waals surface area contributed by atoms with E-state index in [9.17, 15) is 9.59 Å². The molecule has 1 heterocycles. The molecule has 1 N–H and O–H groups in total. The lowest BCUT2D eigenvalue weighted by Crippen LogP contribution is -2.29. The fraction of sp³-hybridized carbons (Fsp3) is 0.364. The average Bonchev–Trinajstić information content (AvgIpc) is 3.06. The van der Waals surface area contributed by atoms with Crippen LogP contribution in [0, 0.1) is 13.8 Å². The molecule has 0 bridgehead atoms. The molecule has 0 radical (unpaired) electrons. The second-order valence-electron chi connectivity index (χ2n) is 6.99. The van der Waals surface area contributed by atoms with E-state index in [2.05, 4.69) is 44.3 Å². The van der Waals surface area contributed by atoms with Crippen molar-refractivity contribution in [3.05, 3.63) is 64.7 Å². The molecule has 1 unspecified atom stereocenters. The molecular formula is C22H26N2O2. The molecule has 2 aromatic carbocycles. The number of nitrogens with one attached hydrogen (secondary N) is 1. The highest BCUT2D eigenvalue weighted by Crippen LogP contribution is 2.24. The van der Waals surface area contributed by atoms with Gasteiger partial charge in [0, 0.05) is 24.2 Å². The van der Waals surface area contributed by atoms with Gasteiger partial charge in [0.05, 0.1) is 6.04 Å². The second kappa shape index (κ2) is 7.73. The summed E-state index contributed by atoms with van der Waals surface area (Å²) in [6.07, 6.45) is 2.33. The van der Waals surface area contributed by atoms with Crippen LogP contribution in [0.3, 0.4) is 0 Å². The van der Waals surface area contributed by atoms with Crippen molar-refractivity contribution in [2.24, 2.45) is 0 Å². The van der Waals surface area contributed by atoms with E-state index in [1.807, 2.05) is 12.1 Å². The zero-order chi connectivity index (χ0) is 18.7. The first-order valence-electron chi connectivity index (χ1n) is 9.28. The second-order valence-corrected chi connectivity index (χ2v) is 6.99. The van der Waals surface area contributed by atoms with Crippen LogP contribution in [-0.2, 0) is 4.79 Å². The molecule has 3 rings (SSSR count). The number of hydrogen-bond donors (Lipinski definition) is 1. The molecule has 0 spiro atoms. The highest BCUT2D eigenvalue weighted by atomic mass is 16.2. The molecule has 1 atom stereocenters. The van der Waals surface area contributed by atoms with Crippen LogP contribution in [0.5, 0.6) is 0 Å². The van der Waals surface area contributed by atoms with Gasteiger partial charge in [-0.05, 0) is 62.1 Å². The number of anilines is 1. The molecule has 0 aromatic heterocycles. The summed E-state index contributed by atoms with van der Waals surface area (Å²) in [6.45, 7) is 6.99. The van der Waals surface area contributed by atoms with Crippen LogP contribution in [0.15, 0.2) is 42.5 Å². The standard InChI is InChI=1S/C22H26N2O2/c1-4-20(19-12-7-15(2)14-16(19)3)23-22(26)17-8-10-18(11-9-17)24-13-5-6-21(24)25/h7-12,14,20H,4-6,13H2,1-3H3,(H,23,26). The van der Waals surface area contributed by atoms with E-state index in [4.69, 9.17) is 0 Å². The molecular weight excluding hydrogens is 324 g/mol. The summed E-state index contributed by atoms with van der Waals surface area (Å²) in [5, 5.41) is 3.14. The summed E-state index contributed by atoms with van der Waals surface area (Å²) in [7, 11) is 0. The van der Waals surface area contributed by atoms with Gasteiger partial charge >= 0.3 is 0 Å². The van der Waals surface area contributed by atoms with E-state index in [1.165, 1.54) is 11.1 Å². The van der Waals surface area contributed by atoms with E-state index in [-0.39, 0.29) is 17.9 Å². The van der Waals surface area contributed by atoms with Gasteiger partial charge in [-0.2, -0.15) is 0 Å². The van der Waals surface area contributed by atoms with Gasteiger partial charge in [0.25, 0.3) is 5.91 Å². The van der Waals surface area contributed by atoms with Crippen molar-refractivity contribution in [3.63, 3.8) is 0 Å². The van der Waals surface area contributed by atoms with E-state index < -0.39 is 0 Å². The zero-order valence-corrected chi connectivity index (χ0v) is 15.7. The van der Waals surface area contributed by atoms with Gasteiger partial charge < -0.3 is 10.2 Å². The molecule has 0 saturated carbocycles. The lowest BCUT2D eigenvalue weighted by atomic mass is 9.97. The number of aryl methyl sites for hydroxylation is 2. The Hall–Kier alpha value is -2.62. The van der Waals surface area contributed by atoms with Crippen molar-refractivity contribution in [1.29, 1.82) is 0 Å². The van der Waals surface area contributed by atoms with Gasteiger partial charge in [-0.15, -0.1) is 0 Å². The van der Waals surface area contributed by atoms with Crippen LogP contribution >= 0.6 is 0 Å². The van der Waals surface area contributed by atoms with Gasteiger partial charge in [0.15, 0.2) is 0 Å². The maximum Gasteiger partial charge on any atom is 0.251 e. The van der Waals surface area contributed by atoms with E-state index in [0.29, 0.717) is 12.0 Å². The van der Waals surface area contributed by atoms with Gasteiger partial charge in [-0.25, -0.2) is 0 Å². The molecule has 0 aliphatic carbocycles. The van der Waals surface area contributed by atoms with Gasteiger partial charge in [0.1, 0.15) is 0 Å². The van der Waals surface area contributed by atoms with Crippen LogP contribution < -0.4 is 10.2 Å². The Labute approximate surface area is 155 Å². The number of carbonyl (C=O) groups excluding carboxylic acids is 2. The predicted octanol–water partition coefficient (Wildman–Crippen LogP) is 4.31. The highest BCUT2D eigenvalue weighted by Gasteiger charge is 2.22. The van der Waals surface area contributed by atoms with Crippen molar-refractivity contribution in [3.8, 4) is 0 Å². The molecule has 2 amide bonds. The Balaban J connectivity index is 1.73. The molecule has 2 aromatic rings. The molecule has 1 saturated heterocycles. The van der Waals surface area contributed by atoms with Crippen molar-refractivity contribution in [1.82, 2.24) is 5.32 Å². The van der Waals surface area contributed by atoms with E-state index in [0.717, 1.165) is 30.6 Å². The minimum Gasteiger partial charge on any atom is -0.345 e. The summed E-state index contributed by atoms with van der Waals surface area (Å²) in [6, 6.07) is 13.6. The fourth-order valence-electron chi connectivity index (χ4n) is 3.57. The summed E-state index contributed by atoms with van der Waals surface area (Å²) in [5.41, 5.74) is 5.05. The number of rotatable bonds is 5. The largest absolute Gasteiger partial charge is 0.345 e. The number of carbonyl (C=O) groups is 2. The van der Waals surface area contributed by atoms with Crippen molar-refractivity contribution in [2.75, 3.05) is 11.4 Å². The normalized spacial score (nSPS) is 15.2. The molecule has 4 nitrogen and oxygen atoms in total. The zero-order valence-electron chi connectivity index (χ0n) is 15.7. The average molecular weight is 350 g/mol. The number of benzene rings is 2. The number of amides is 2. The molecule has 136 valence electrons. The lowest BCUT2D eigenvalue weighted by Gasteiger charge is -2.20. The Kier molecular flexibility index (Phi) is 5.40. The quantitative estimate of drug-likeness (QED) is 0.873. The molecule has 4 heteroatoms. The Morgan fingerprint density at radius 2 is 1.88 bits per heavy atom. The van der Waals surface area contributed by atoms with Crippen LogP contribution in [0.4, 0.5) is 5.69 Å². The molecule has 1 aliphatic heterocycles. The minimum absolute atomic E-state index is 0.0112. The van der Waals surface area contributed by atoms with Crippen LogP contribution in [-0.4, -0.2) is 18.4 Å². The third-order valence-electron chi connectivity index (χ3n) is 5.03. The lowest BCUT2D eigenvalue weighted by molar-refractivity contribution is -0.117. The first-order valence-corrected chi connectivity index (χ1v) is 9.28. The third-order valence-corrected chi connectivity index (χ3v) is 5.03. The predicted molar refractivity (Wildman–Crippen MR) is 104 cm³/mol. The Morgan fingerprint density at radius 3 is 2.46 bits per heavy atom. The van der Waals surface area contributed by atoms with Crippen LogP contribution in [0.1, 0.15) is 59.3 Å². The van der Waals surface area contributed by atoms with Gasteiger partial charge in [0.2, 0.25) is 5.91 Å². The van der Waals surface area contributed by atoms with Gasteiger partial charge in [-0.1, -0.05) is 30.7 Å². The van der Waals surface area contributed by atoms with Crippen LogP contribution in [0.25, 0.3) is 0 Å². The first kappa shape index (κ1) is 18.2. The van der Waals surface area contributed by atoms with Crippen LogP contribution in [0.2, 0.25) is 0 Å². The summed E-state index contributed by atoms with van der Waals surface area (Å²) in [5.74, 6) is 0.0687. The number of hydrogen-bond acceptors (Lipinski definition) is 2. The van der Waals surface area contributed by atoms with E-state index >= 15 is 0 Å². The Bertz CT molecular complexity index is 811. The molecule has 1 aliphatic rings. The smallest absolute Gasteiger partial charge is 0.251 e. The summed E-state index contributed by atoms with van der Waals surface area (Å²) in [4.78, 5) is 26.3. The summed E-state index contributed by atoms with van der Waals surface area (Å²) < 4.78 is 0. The molecule has 26 heavy (non-hydrogen) atoms. The highest BCUT2D eigenvalue weighted by molar-refractivity contribution is 5.97. The first-order chi connectivity index (χ1) is 12.5. The third kappa shape index (κ3) is 3.79. The van der Waals surface area contributed by atoms with Crippen molar-refractivity contribution in [2.45, 2.75) is 46.1 Å².